The highest BCUT2D eigenvalue weighted by Gasteiger charge is 2.12. The number of aliphatic hydroxyl groups excluding tert-OH is 1. The smallest absolute Gasteiger partial charge is 0.220 e. The number of aliphatic hydroxyl groups is 1. The first-order valence-electron chi connectivity index (χ1n) is 6.48. The third-order valence-electron chi connectivity index (χ3n) is 2.94. The molecule has 1 atom stereocenters. The maximum Gasteiger partial charge on any atom is 0.220 e. The molecule has 2 aromatic heterocycles. The van der Waals surface area contributed by atoms with E-state index in [1.807, 2.05) is 6.07 Å². The van der Waals surface area contributed by atoms with Gasteiger partial charge in [0.15, 0.2) is 0 Å². The number of aryl methyl sites for hydroxylation is 1. The lowest BCUT2D eigenvalue weighted by molar-refractivity contribution is -0.121. The van der Waals surface area contributed by atoms with E-state index in [0.717, 1.165) is 5.56 Å². The van der Waals surface area contributed by atoms with Crippen LogP contribution in [0, 0.1) is 0 Å². The van der Waals surface area contributed by atoms with Gasteiger partial charge in [-0.3, -0.25) is 4.79 Å². The van der Waals surface area contributed by atoms with Crippen molar-refractivity contribution in [2.75, 3.05) is 6.54 Å². The molecule has 0 radical (unpaired) electrons. The molecule has 2 heterocycles. The highest BCUT2D eigenvalue weighted by atomic mass is 35.5. The Bertz CT molecular complexity index is 583. The molecule has 0 fully saturated rings. The van der Waals surface area contributed by atoms with Crippen molar-refractivity contribution in [2.45, 2.75) is 25.4 Å². The SMILES string of the molecule is O=C(CCCc1cc(Cl)sc1Cl)NCC(O)c1ccco1. The Hall–Kier alpha value is -1.01. The van der Waals surface area contributed by atoms with Gasteiger partial charge in [0.25, 0.3) is 0 Å². The molecule has 114 valence electrons. The van der Waals surface area contributed by atoms with E-state index in [2.05, 4.69) is 5.32 Å². The van der Waals surface area contributed by atoms with Gasteiger partial charge in [-0.05, 0) is 36.6 Å². The van der Waals surface area contributed by atoms with Crippen LogP contribution in [0.4, 0.5) is 0 Å². The fourth-order valence-electron chi connectivity index (χ4n) is 1.86. The van der Waals surface area contributed by atoms with E-state index < -0.39 is 6.10 Å². The second-order valence-corrected chi connectivity index (χ2v) is 6.82. The Labute approximate surface area is 136 Å². The first-order chi connectivity index (χ1) is 10.1. The minimum absolute atomic E-state index is 0.113. The average Bonchev–Trinajstić information content (AvgIpc) is 3.06. The van der Waals surface area contributed by atoms with E-state index in [-0.39, 0.29) is 12.5 Å². The number of amides is 1. The molecule has 0 aliphatic carbocycles. The van der Waals surface area contributed by atoms with Crippen LogP contribution in [0.2, 0.25) is 8.67 Å². The zero-order valence-corrected chi connectivity index (χ0v) is 13.5. The molecule has 2 rings (SSSR count). The molecule has 0 spiro atoms. The van der Waals surface area contributed by atoms with Crippen LogP contribution in [0.15, 0.2) is 28.9 Å². The molecule has 0 aliphatic rings. The van der Waals surface area contributed by atoms with Crippen LogP contribution in [0.5, 0.6) is 0 Å². The predicted octanol–water partition coefficient (Wildman–Crippen LogP) is 3.82. The fourth-order valence-corrected chi connectivity index (χ4v) is 3.41. The normalized spacial score (nSPS) is 12.3. The molecule has 7 heteroatoms. The van der Waals surface area contributed by atoms with Gasteiger partial charge in [-0.15, -0.1) is 11.3 Å². The monoisotopic (exact) mass is 347 g/mol. The third kappa shape index (κ3) is 5.04. The summed E-state index contributed by atoms with van der Waals surface area (Å²) in [5.41, 5.74) is 0.968. The first-order valence-corrected chi connectivity index (χ1v) is 8.05. The summed E-state index contributed by atoms with van der Waals surface area (Å²) in [7, 11) is 0. The van der Waals surface area contributed by atoms with Crippen molar-refractivity contribution in [1.29, 1.82) is 0 Å². The van der Waals surface area contributed by atoms with Gasteiger partial charge in [-0.25, -0.2) is 0 Å². The number of hydrogen-bond acceptors (Lipinski definition) is 4. The fraction of sp³-hybridized carbons (Fsp3) is 0.357. The van der Waals surface area contributed by atoms with Crippen LogP contribution in [0.1, 0.15) is 30.3 Å². The largest absolute Gasteiger partial charge is 0.467 e. The summed E-state index contributed by atoms with van der Waals surface area (Å²) < 4.78 is 6.38. The van der Waals surface area contributed by atoms with Gasteiger partial charge in [-0.1, -0.05) is 23.2 Å². The summed E-state index contributed by atoms with van der Waals surface area (Å²) in [6.45, 7) is 0.136. The van der Waals surface area contributed by atoms with Gasteiger partial charge >= 0.3 is 0 Å². The first kappa shape index (κ1) is 16.4. The average molecular weight is 348 g/mol. The van der Waals surface area contributed by atoms with Gasteiger partial charge in [0.05, 0.1) is 21.5 Å². The second-order valence-electron chi connectivity index (χ2n) is 4.54. The highest BCUT2D eigenvalue weighted by molar-refractivity contribution is 7.20. The van der Waals surface area contributed by atoms with E-state index >= 15 is 0 Å². The van der Waals surface area contributed by atoms with E-state index in [4.69, 9.17) is 27.6 Å². The quantitative estimate of drug-likeness (QED) is 0.800. The maximum atomic E-state index is 11.7. The Balaban J connectivity index is 1.67. The lowest BCUT2D eigenvalue weighted by atomic mass is 10.1. The van der Waals surface area contributed by atoms with Gasteiger partial charge < -0.3 is 14.8 Å². The summed E-state index contributed by atoms with van der Waals surface area (Å²) in [5.74, 6) is 0.327. The van der Waals surface area contributed by atoms with Gasteiger partial charge in [-0.2, -0.15) is 0 Å². The number of carbonyl (C=O) groups excluding carboxylic acids is 1. The number of nitrogens with one attached hydrogen (secondary N) is 1. The summed E-state index contributed by atoms with van der Waals surface area (Å²) in [5, 5.41) is 12.4. The zero-order chi connectivity index (χ0) is 15.2. The Kier molecular flexibility index (Phi) is 6.11. The van der Waals surface area contributed by atoms with Crippen molar-refractivity contribution >= 4 is 40.4 Å². The molecule has 4 nitrogen and oxygen atoms in total. The molecular weight excluding hydrogens is 333 g/mol. The second kappa shape index (κ2) is 7.84. The Morgan fingerprint density at radius 1 is 1.48 bits per heavy atom. The van der Waals surface area contributed by atoms with Crippen LogP contribution in [-0.4, -0.2) is 17.6 Å². The molecule has 0 aliphatic heterocycles. The number of carbonyl (C=O) groups is 1. The maximum absolute atomic E-state index is 11.7. The lowest BCUT2D eigenvalue weighted by Crippen LogP contribution is -2.28. The number of rotatable bonds is 7. The molecule has 1 unspecified atom stereocenters. The van der Waals surface area contributed by atoms with E-state index in [0.29, 0.717) is 33.7 Å². The number of halogens is 2. The summed E-state index contributed by atoms with van der Waals surface area (Å²) in [6, 6.07) is 5.18. The molecule has 1 amide bonds. The van der Waals surface area contributed by atoms with Crippen LogP contribution < -0.4 is 5.32 Å². The molecule has 0 saturated carbocycles. The zero-order valence-electron chi connectivity index (χ0n) is 11.1. The predicted molar refractivity (Wildman–Crippen MR) is 84.0 cm³/mol. The minimum Gasteiger partial charge on any atom is -0.467 e. The van der Waals surface area contributed by atoms with Crippen molar-refractivity contribution < 1.29 is 14.3 Å². The van der Waals surface area contributed by atoms with Crippen molar-refractivity contribution in [2.24, 2.45) is 0 Å². The summed E-state index contributed by atoms with van der Waals surface area (Å²) >= 11 is 13.2. The van der Waals surface area contributed by atoms with Crippen molar-refractivity contribution in [3.63, 3.8) is 0 Å². The van der Waals surface area contributed by atoms with Crippen molar-refractivity contribution in [1.82, 2.24) is 5.32 Å². The number of hydrogen-bond donors (Lipinski definition) is 2. The van der Waals surface area contributed by atoms with E-state index in [1.165, 1.54) is 17.6 Å². The number of thiophene rings is 1. The van der Waals surface area contributed by atoms with Gasteiger partial charge in [0.1, 0.15) is 11.9 Å². The minimum atomic E-state index is -0.825. The summed E-state index contributed by atoms with van der Waals surface area (Å²) in [6.07, 6.45) is 2.41. The van der Waals surface area contributed by atoms with Crippen LogP contribution in [0.3, 0.4) is 0 Å². The molecule has 2 aromatic rings. The number of furan rings is 1. The topological polar surface area (TPSA) is 62.5 Å². The van der Waals surface area contributed by atoms with E-state index in [1.54, 1.807) is 12.1 Å². The van der Waals surface area contributed by atoms with E-state index in [9.17, 15) is 9.90 Å². The Morgan fingerprint density at radius 2 is 2.29 bits per heavy atom. The third-order valence-corrected chi connectivity index (χ3v) is 4.51. The van der Waals surface area contributed by atoms with Crippen LogP contribution in [0.25, 0.3) is 0 Å². The van der Waals surface area contributed by atoms with Crippen LogP contribution in [-0.2, 0) is 11.2 Å². The highest BCUT2D eigenvalue weighted by Crippen LogP contribution is 2.31. The molecule has 2 N–H and O–H groups in total. The standard InChI is InChI=1S/C14H15Cl2NO3S/c15-12-7-9(14(16)21-12)3-1-5-13(19)17-8-10(18)11-4-2-6-20-11/h2,4,6-7,10,18H,1,3,5,8H2,(H,17,19). The lowest BCUT2D eigenvalue weighted by Gasteiger charge is -2.09. The van der Waals surface area contributed by atoms with Crippen molar-refractivity contribution in [3.8, 4) is 0 Å². The van der Waals surface area contributed by atoms with Gasteiger partial charge in [0, 0.05) is 6.42 Å². The molecule has 21 heavy (non-hydrogen) atoms. The molecule has 0 aromatic carbocycles. The van der Waals surface area contributed by atoms with Gasteiger partial charge in [0.2, 0.25) is 5.91 Å². The molecule has 0 saturated heterocycles. The van der Waals surface area contributed by atoms with Crippen LogP contribution >= 0.6 is 34.5 Å². The van der Waals surface area contributed by atoms with Crippen molar-refractivity contribution in [3.05, 3.63) is 44.5 Å². The Morgan fingerprint density at radius 3 is 2.90 bits per heavy atom. The molecule has 0 bridgehead atoms. The summed E-state index contributed by atoms with van der Waals surface area (Å²) in [4.78, 5) is 11.7. The molecular formula is C14H15Cl2NO3S.